The first-order valence-corrected chi connectivity index (χ1v) is 7.76. The van der Waals surface area contributed by atoms with Crippen LogP contribution in [0.4, 0.5) is 0 Å². The molecule has 1 aromatic carbocycles. The lowest BCUT2D eigenvalue weighted by Gasteiger charge is -2.09. The van der Waals surface area contributed by atoms with E-state index in [1.54, 1.807) is 11.3 Å². The van der Waals surface area contributed by atoms with Crippen LogP contribution in [0.1, 0.15) is 31.2 Å². The molecule has 4 heteroatoms. The van der Waals surface area contributed by atoms with Crippen LogP contribution in [0.2, 0.25) is 0 Å². The molecule has 18 heavy (non-hydrogen) atoms. The molecule has 0 aliphatic heterocycles. The number of hydrogen-bond acceptors (Lipinski definition) is 3. The highest BCUT2D eigenvalue weighted by Crippen LogP contribution is 2.29. The first-order valence-electron chi connectivity index (χ1n) is 6.15. The molecule has 1 N–H and O–H groups in total. The third kappa shape index (κ3) is 3.40. The van der Waals surface area contributed by atoms with Gasteiger partial charge in [-0.15, -0.1) is 11.3 Å². The summed E-state index contributed by atoms with van der Waals surface area (Å²) in [7, 11) is 0. The van der Waals surface area contributed by atoms with Gasteiger partial charge in [-0.1, -0.05) is 35.0 Å². The third-order valence-electron chi connectivity index (χ3n) is 2.74. The highest BCUT2D eigenvalue weighted by molar-refractivity contribution is 9.10. The number of thiazole rings is 1. The number of aromatic nitrogens is 1. The lowest BCUT2D eigenvalue weighted by atomic mass is 10.2. The second-order valence-corrected chi connectivity index (χ2v) is 6.23. The number of nitrogens with zero attached hydrogens (tertiary/aromatic N) is 1. The topological polar surface area (TPSA) is 24.9 Å². The van der Waals surface area contributed by atoms with Crippen molar-refractivity contribution in [2.24, 2.45) is 0 Å². The number of benzene rings is 1. The van der Waals surface area contributed by atoms with Crippen molar-refractivity contribution in [1.82, 2.24) is 10.3 Å². The minimum Gasteiger partial charge on any atom is -0.309 e. The van der Waals surface area contributed by atoms with Crippen LogP contribution >= 0.6 is 27.3 Å². The van der Waals surface area contributed by atoms with E-state index in [-0.39, 0.29) is 0 Å². The van der Waals surface area contributed by atoms with Crippen LogP contribution < -0.4 is 5.32 Å². The SMILES string of the molecule is CCCNC(C)c1cnc(-c2ccc(Br)cc2)s1. The predicted octanol–water partition coefficient (Wildman–Crippen LogP) is 4.63. The van der Waals surface area contributed by atoms with Gasteiger partial charge in [0.25, 0.3) is 0 Å². The Morgan fingerprint density at radius 3 is 2.72 bits per heavy atom. The van der Waals surface area contributed by atoms with Crippen molar-refractivity contribution in [3.8, 4) is 10.6 Å². The molecule has 96 valence electrons. The summed E-state index contributed by atoms with van der Waals surface area (Å²) in [6.45, 7) is 5.42. The summed E-state index contributed by atoms with van der Waals surface area (Å²) >= 11 is 5.21. The third-order valence-corrected chi connectivity index (χ3v) is 4.50. The predicted molar refractivity (Wildman–Crippen MR) is 82.0 cm³/mol. The minimum atomic E-state index is 0.381. The van der Waals surface area contributed by atoms with E-state index in [2.05, 4.69) is 64.3 Å². The number of halogens is 1. The van der Waals surface area contributed by atoms with E-state index in [1.165, 1.54) is 10.4 Å². The average Bonchev–Trinajstić information content (AvgIpc) is 2.86. The van der Waals surface area contributed by atoms with Crippen molar-refractivity contribution in [1.29, 1.82) is 0 Å². The molecular formula is C14H17BrN2S. The summed E-state index contributed by atoms with van der Waals surface area (Å²) in [5.41, 5.74) is 1.18. The fourth-order valence-corrected chi connectivity index (χ4v) is 2.89. The fourth-order valence-electron chi connectivity index (χ4n) is 1.67. The molecule has 1 atom stereocenters. The molecule has 0 aliphatic carbocycles. The van der Waals surface area contributed by atoms with Crippen molar-refractivity contribution in [2.75, 3.05) is 6.54 Å². The average molecular weight is 325 g/mol. The van der Waals surface area contributed by atoms with Crippen LogP contribution in [-0.2, 0) is 0 Å². The summed E-state index contributed by atoms with van der Waals surface area (Å²) in [4.78, 5) is 5.80. The minimum absolute atomic E-state index is 0.381. The normalized spacial score (nSPS) is 12.6. The van der Waals surface area contributed by atoms with Crippen LogP contribution in [0.25, 0.3) is 10.6 Å². The number of nitrogens with one attached hydrogen (secondary N) is 1. The Bertz CT molecular complexity index is 493. The van der Waals surface area contributed by atoms with Crippen LogP contribution in [0.15, 0.2) is 34.9 Å². The number of rotatable bonds is 5. The van der Waals surface area contributed by atoms with Gasteiger partial charge in [0.05, 0.1) is 0 Å². The number of hydrogen-bond donors (Lipinski definition) is 1. The van der Waals surface area contributed by atoms with E-state index >= 15 is 0 Å². The molecule has 1 unspecified atom stereocenters. The molecule has 1 heterocycles. The Morgan fingerprint density at radius 2 is 2.06 bits per heavy atom. The zero-order chi connectivity index (χ0) is 13.0. The molecule has 0 saturated carbocycles. The Kier molecular flexibility index (Phi) is 4.92. The summed E-state index contributed by atoms with van der Waals surface area (Å²) < 4.78 is 1.10. The van der Waals surface area contributed by atoms with Crippen LogP contribution in [0.3, 0.4) is 0 Å². The zero-order valence-electron chi connectivity index (χ0n) is 10.6. The van der Waals surface area contributed by atoms with E-state index in [9.17, 15) is 0 Å². The van der Waals surface area contributed by atoms with Crippen LogP contribution in [-0.4, -0.2) is 11.5 Å². The molecule has 0 amide bonds. The quantitative estimate of drug-likeness (QED) is 0.867. The highest BCUT2D eigenvalue weighted by Gasteiger charge is 2.10. The lowest BCUT2D eigenvalue weighted by molar-refractivity contribution is 0.577. The molecule has 2 aromatic rings. The van der Waals surface area contributed by atoms with E-state index < -0.39 is 0 Å². The largest absolute Gasteiger partial charge is 0.309 e. The van der Waals surface area contributed by atoms with Gasteiger partial charge in [-0.05, 0) is 32.0 Å². The molecule has 0 saturated heterocycles. The Morgan fingerprint density at radius 1 is 1.33 bits per heavy atom. The van der Waals surface area contributed by atoms with Crippen molar-refractivity contribution in [3.63, 3.8) is 0 Å². The maximum absolute atomic E-state index is 4.51. The molecule has 0 aliphatic rings. The molecule has 0 bridgehead atoms. The van der Waals surface area contributed by atoms with Crippen molar-refractivity contribution < 1.29 is 0 Å². The molecular weight excluding hydrogens is 308 g/mol. The van der Waals surface area contributed by atoms with Crippen molar-refractivity contribution in [3.05, 3.63) is 39.8 Å². The lowest BCUT2D eigenvalue weighted by Crippen LogP contribution is -2.18. The molecule has 2 nitrogen and oxygen atoms in total. The summed E-state index contributed by atoms with van der Waals surface area (Å²) in [5, 5.41) is 4.57. The maximum Gasteiger partial charge on any atom is 0.123 e. The van der Waals surface area contributed by atoms with E-state index in [1.807, 2.05) is 6.20 Å². The van der Waals surface area contributed by atoms with Gasteiger partial charge in [0.1, 0.15) is 5.01 Å². The molecule has 0 spiro atoms. The van der Waals surface area contributed by atoms with Gasteiger partial charge in [-0.25, -0.2) is 4.98 Å². The first-order chi connectivity index (χ1) is 8.70. The van der Waals surface area contributed by atoms with Gasteiger partial charge in [0.2, 0.25) is 0 Å². The Balaban J connectivity index is 2.12. The monoisotopic (exact) mass is 324 g/mol. The Hall–Kier alpha value is -0.710. The van der Waals surface area contributed by atoms with E-state index in [0.717, 1.165) is 22.4 Å². The van der Waals surface area contributed by atoms with Gasteiger partial charge < -0.3 is 5.32 Å². The molecule has 0 radical (unpaired) electrons. The van der Waals surface area contributed by atoms with Crippen LogP contribution in [0, 0.1) is 0 Å². The zero-order valence-corrected chi connectivity index (χ0v) is 13.0. The molecule has 0 fully saturated rings. The summed E-state index contributed by atoms with van der Waals surface area (Å²) in [6, 6.07) is 8.67. The Labute approximate surface area is 121 Å². The maximum atomic E-state index is 4.51. The van der Waals surface area contributed by atoms with E-state index in [0.29, 0.717) is 6.04 Å². The van der Waals surface area contributed by atoms with Crippen molar-refractivity contribution >= 4 is 27.3 Å². The standard InChI is InChI=1S/C14H17BrN2S/c1-3-8-16-10(2)13-9-17-14(18-13)11-4-6-12(15)7-5-11/h4-7,9-10,16H,3,8H2,1-2H3. The fraction of sp³-hybridized carbons (Fsp3) is 0.357. The summed E-state index contributed by atoms with van der Waals surface area (Å²) in [5.74, 6) is 0. The van der Waals surface area contributed by atoms with E-state index in [4.69, 9.17) is 0 Å². The van der Waals surface area contributed by atoms with Gasteiger partial charge >= 0.3 is 0 Å². The van der Waals surface area contributed by atoms with Gasteiger partial charge in [0, 0.05) is 27.2 Å². The van der Waals surface area contributed by atoms with Gasteiger partial charge in [-0.2, -0.15) is 0 Å². The molecule has 2 rings (SSSR count). The smallest absolute Gasteiger partial charge is 0.123 e. The van der Waals surface area contributed by atoms with Crippen molar-refractivity contribution in [2.45, 2.75) is 26.3 Å². The second kappa shape index (κ2) is 6.45. The highest BCUT2D eigenvalue weighted by atomic mass is 79.9. The second-order valence-electron chi connectivity index (χ2n) is 4.25. The first kappa shape index (κ1) is 13.7. The summed E-state index contributed by atoms with van der Waals surface area (Å²) in [6.07, 6.45) is 3.14. The van der Waals surface area contributed by atoms with Gasteiger partial charge in [0.15, 0.2) is 0 Å². The van der Waals surface area contributed by atoms with Crippen LogP contribution in [0.5, 0.6) is 0 Å². The van der Waals surface area contributed by atoms with Gasteiger partial charge in [-0.3, -0.25) is 0 Å². The molecule has 1 aromatic heterocycles.